The highest BCUT2D eigenvalue weighted by Gasteiger charge is 2.25. The standard InChI is InChI=1S/C4H8N2O5S/c1-12(11)6-5-2(3(7)8)4(9)10/h2,5-6H,1H3,(H,7,8)(H,9,10). The summed E-state index contributed by atoms with van der Waals surface area (Å²) in [6.07, 6.45) is 1.23. The minimum atomic E-state index is -1.80. The molecule has 1 atom stereocenters. The van der Waals surface area contributed by atoms with Crippen molar-refractivity contribution in [2.24, 2.45) is 0 Å². The van der Waals surface area contributed by atoms with Gasteiger partial charge in [0.05, 0.1) is 0 Å². The van der Waals surface area contributed by atoms with E-state index in [1.807, 2.05) is 10.3 Å². The first-order valence-electron chi connectivity index (χ1n) is 2.75. The van der Waals surface area contributed by atoms with Crippen molar-refractivity contribution < 1.29 is 24.0 Å². The molecular weight excluding hydrogens is 188 g/mol. The Morgan fingerprint density at radius 3 is 2.00 bits per heavy atom. The molecule has 0 fully saturated rings. The van der Waals surface area contributed by atoms with Gasteiger partial charge in [0.15, 0.2) is 0 Å². The van der Waals surface area contributed by atoms with Gasteiger partial charge < -0.3 is 10.2 Å². The van der Waals surface area contributed by atoms with Crippen LogP contribution in [-0.4, -0.2) is 38.7 Å². The van der Waals surface area contributed by atoms with Gasteiger partial charge in [0.2, 0.25) is 6.04 Å². The van der Waals surface area contributed by atoms with Gasteiger partial charge in [0, 0.05) is 6.26 Å². The fourth-order valence-electron chi connectivity index (χ4n) is 0.371. The van der Waals surface area contributed by atoms with Gasteiger partial charge in [-0.2, -0.15) is 4.83 Å². The Bertz CT molecular complexity index is 203. The smallest absolute Gasteiger partial charge is 0.333 e. The second-order valence-electron chi connectivity index (χ2n) is 1.81. The predicted octanol–water partition coefficient (Wildman–Crippen LogP) is -2.09. The Labute approximate surface area is 70.3 Å². The first kappa shape index (κ1) is 11.0. The molecule has 0 saturated carbocycles. The van der Waals surface area contributed by atoms with E-state index in [4.69, 9.17) is 10.2 Å². The normalized spacial score (nSPS) is 12.8. The molecule has 0 bridgehead atoms. The molecule has 12 heavy (non-hydrogen) atoms. The molecule has 4 N–H and O–H groups in total. The minimum Gasteiger partial charge on any atom is -0.480 e. The lowest BCUT2D eigenvalue weighted by molar-refractivity contribution is -0.151. The number of aliphatic carboxylic acids is 2. The third-order valence-corrected chi connectivity index (χ3v) is 1.25. The summed E-state index contributed by atoms with van der Waals surface area (Å²) >= 11 is 0. The van der Waals surface area contributed by atoms with E-state index in [0.717, 1.165) is 0 Å². The van der Waals surface area contributed by atoms with Gasteiger partial charge in [-0.15, -0.1) is 0 Å². The Morgan fingerprint density at radius 2 is 1.75 bits per heavy atom. The zero-order chi connectivity index (χ0) is 9.72. The Morgan fingerprint density at radius 1 is 1.33 bits per heavy atom. The molecular formula is C4H8N2O5S. The van der Waals surface area contributed by atoms with Crippen LogP contribution in [0.1, 0.15) is 0 Å². The summed E-state index contributed by atoms with van der Waals surface area (Å²) in [5.41, 5.74) is 1.87. The minimum absolute atomic E-state index is 1.23. The zero-order valence-corrected chi connectivity index (χ0v) is 6.92. The molecule has 0 saturated heterocycles. The second-order valence-corrected chi connectivity index (χ2v) is 2.92. The lowest BCUT2D eigenvalue weighted by atomic mass is 10.3. The third kappa shape index (κ3) is 4.01. The van der Waals surface area contributed by atoms with Gasteiger partial charge in [-0.1, -0.05) is 0 Å². The summed E-state index contributed by atoms with van der Waals surface area (Å²) in [7, 11) is -1.51. The van der Waals surface area contributed by atoms with Crippen LogP contribution in [0.5, 0.6) is 0 Å². The summed E-state index contributed by atoms with van der Waals surface area (Å²) < 4.78 is 10.3. The average Bonchev–Trinajstić information content (AvgIpc) is 1.84. The fraction of sp³-hybridized carbons (Fsp3) is 0.500. The first-order chi connectivity index (χ1) is 5.45. The first-order valence-corrected chi connectivity index (χ1v) is 4.31. The predicted molar refractivity (Wildman–Crippen MR) is 39.4 cm³/mol. The molecule has 0 aliphatic carbocycles. The fourth-order valence-corrected chi connectivity index (χ4v) is 0.655. The summed E-state index contributed by atoms with van der Waals surface area (Å²) in [4.78, 5) is 22.3. The lowest BCUT2D eigenvalue weighted by Crippen LogP contribution is -2.50. The molecule has 0 aliphatic heterocycles. The van der Waals surface area contributed by atoms with Crippen molar-refractivity contribution in [3.05, 3.63) is 0 Å². The highest BCUT2D eigenvalue weighted by atomic mass is 32.2. The van der Waals surface area contributed by atoms with Crippen LogP contribution < -0.4 is 10.3 Å². The summed E-state index contributed by atoms with van der Waals surface area (Å²) in [5, 5.41) is 16.5. The van der Waals surface area contributed by atoms with Gasteiger partial charge in [-0.25, -0.2) is 19.2 Å². The molecule has 0 rings (SSSR count). The van der Waals surface area contributed by atoms with Gasteiger partial charge in [0.1, 0.15) is 11.0 Å². The van der Waals surface area contributed by atoms with E-state index < -0.39 is 29.0 Å². The lowest BCUT2D eigenvalue weighted by Gasteiger charge is -2.08. The number of carboxylic acid groups (broad SMARTS) is 2. The number of carboxylic acids is 2. The van der Waals surface area contributed by atoms with E-state index in [1.165, 1.54) is 6.26 Å². The van der Waals surface area contributed by atoms with E-state index in [1.54, 1.807) is 0 Å². The number of hydrazine groups is 1. The van der Waals surface area contributed by atoms with Crippen molar-refractivity contribution in [1.29, 1.82) is 0 Å². The van der Waals surface area contributed by atoms with Crippen molar-refractivity contribution in [3.63, 3.8) is 0 Å². The van der Waals surface area contributed by atoms with Crippen molar-refractivity contribution >= 4 is 22.9 Å². The average molecular weight is 196 g/mol. The van der Waals surface area contributed by atoms with E-state index in [-0.39, 0.29) is 0 Å². The van der Waals surface area contributed by atoms with E-state index in [0.29, 0.717) is 0 Å². The van der Waals surface area contributed by atoms with Crippen LogP contribution in [-0.2, 0) is 20.6 Å². The van der Waals surface area contributed by atoms with Gasteiger partial charge in [-0.05, 0) is 0 Å². The van der Waals surface area contributed by atoms with Crippen LogP contribution in [0.15, 0.2) is 0 Å². The molecule has 0 aromatic carbocycles. The molecule has 0 amide bonds. The van der Waals surface area contributed by atoms with Crippen molar-refractivity contribution in [3.8, 4) is 0 Å². The quantitative estimate of drug-likeness (QED) is 0.296. The summed E-state index contributed by atoms with van der Waals surface area (Å²) in [6, 6.07) is -1.80. The third-order valence-electron chi connectivity index (χ3n) is 0.841. The maximum atomic E-state index is 10.3. The molecule has 70 valence electrons. The SMILES string of the molecule is CS(=O)NNC(C(=O)O)C(=O)O. The molecule has 0 aromatic rings. The second kappa shape index (κ2) is 4.80. The van der Waals surface area contributed by atoms with Gasteiger partial charge in [-0.3, -0.25) is 0 Å². The van der Waals surface area contributed by atoms with Crippen molar-refractivity contribution in [2.75, 3.05) is 6.26 Å². The van der Waals surface area contributed by atoms with Gasteiger partial charge >= 0.3 is 11.9 Å². The largest absolute Gasteiger partial charge is 0.480 e. The number of carbonyl (C=O) groups is 2. The van der Waals surface area contributed by atoms with Crippen molar-refractivity contribution in [2.45, 2.75) is 6.04 Å². The molecule has 7 nitrogen and oxygen atoms in total. The Kier molecular flexibility index (Phi) is 4.40. The van der Waals surface area contributed by atoms with E-state index in [9.17, 15) is 13.8 Å². The van der Waals surface area contributed by atoms with Crippen LogP contribution >= 0.6 is 0 Å². The number of nitrogens with one attached hydrogen (secondary N) is 2. The monoisotopic (exact) mass is 196 g/mol. The molecule has 0 spiro atoms. The molecule has 0 aromatic heterocycles. The van der Waals surface area contributed by atoms with Gasteiger partial charge in [0.25, 0.3) is 0 Å². The maximum Gasteiger partial charge on any atom is 0.333 e. The molecule has 8 heteroatoms. The van der Waals surface area contributed by atoms with Crippen LogP contribution in [0.3, 0.4) is 0 Å². The summed E-state index contributed by atoms with van der Waals surface area (Å²) in [6.45, 7) is 0. The Hall–Kier alpha value is -0.990. The van der Waals surface area contributed by atoms with E-state index >= 15 is 0 Å². The summed E-state index contributed by atoms with van der Waals surface area (Å²) in [5.74, 6) is -3.11. The molecule has 0 radical (unpaired) electrons. The van der Waals surface area contributed by atoms with Crippen LogP contribution in [0, 0.1) is 0 Å². The van der Waals surface area contributed by atoms with Crippen molar-refractivity contribution in [1.82, 2.24) is 10.3 Å². The molecule has 1 unspecified atom stereocenters. The molecule has 0 heterocycles. The Balaban J connectivity index is 4.06. The highest BCUT2D eigenvalue weighted by Crippen LogP contribution is 1.81. The number of rotatable bonds is 5. The number of hydrogen-bond acceptors (Lipinski definition) is 4. The highest BCUT2D eigenvalue weighted by molar-refractivity contribution is 7.82. The van der Waals surface area contributed by atoms with Crippen LogP contribution in [0.25, 0.3) is 0 Å². The topological polar surface area (TPSA) is 116 Å². The van der Waals surface area contributed by atoms with Crippen LogP contribution in [0.2, 0.25) is 0 Å². The van der Waals surface area contributed by atoms with E-state index in [2.05, 4.69) is 0 Å². The number of hydrogen-bond donors (Lipinski definition) is 4. The molecule has 0 aliphatic rings. The maximum absolute atomic E-state index is 10.3. The zero-order valence-electron chi connectivity index (χ0n) is 6.10. The van der Waals surface area contributed by atoms with Crippen LogP contribution in [0.4, 0.5) is 0 Å².